The molecule has 0 heterocycles. The molecule has 2 aromatic rings. The lowest BCUT2D eigenvalue weighted by Gasteiger charge is -2.12. The molecule has 3 nitrogen and oxygen atoms in total. The maximum atomic E-state index is 13.9. The minimum atomic E-state index is -0.397. The van der Waals surface area contributed by atoms with Gasteiger partial charge in [-0.1, -0.05) is 18.2 Å². The van der Waals surface area contributed by atoms with Gasteiger partial charge in [0.25, 0.3) is 0 Å². The Morgan fingerprint density at radius 3 is 2.53 bits per heavy atom. The zero-order valence-electron chi connectivity index (χ0n) is 10.9. The van der Waals surface area contributed by atoms with Gasteiger partial charge >= 0.3 is 0 Å². The van der Waals surface area contributed by atoms with Crippen LogP contribution in [0.4, 0.5) is 10.1 Å². The molecule has 0 aliphatic rings. The molecule has 0 saturated heterocycles. The summed E-state index contributed by atoms with van der Waals surface area (Å²) in [6.45, 7) is 2.00. The molecule has 4 heteroatoms. The van der Waals surface area contributed by atoms with Crippen LogP contribution in [0.3, 0.4) is 0 Å². The molecule has 0 aromatic heterocycles. The van der Waals surface area contributed by atoms with Crippen molar-refractivity contribution in [1.29, 1.82) is 0 Å². The fourth-order valence-electron chi connectivity index (χ4n) is 1.77. The summed E-state index contributed by atoms with van der Waals surface area (Å²) in [5.41, 5.74) is 7.75. The van der Waals surface area contributed by atoms with E-state index in [1.807, 2.05) is 13.0 Å². The monoisotopic (exact) mass is 261 g/mol. The molecule has 0 radical (unpaired) electrons. The Labute approximate surface area is 111 Å². The van der Waals surface area contributed by atoms with E-state index in [1.165, 1.54) is 7.11 Å². The molecule has 0 aliphatic heterocycles. The van der Waals surface area contributed by atoms with Crippen LogP contribution in [0.15, 0.2) is 36.4 Å². The number of nitrogen functional groups attached to an aromatic ring is 1. The van der Waals surface area contributed by atoms with Crippen molar-refractivity contribution < 1.29 is 13.9 Å². The van der Waals surface area contributed by atoms with Crippen molar-refractivity contribution in [2.75, 3.05) is 12.8 Å². The fourth-order valence-corrected chi connectivity index (χ4v) is 1.77. The van der Waals surface area contributed by atoms with Gasteiger partial charge in [0.15, 0.2) is 11.6 Å². The highest BCUT2D eigenvalue weighted by molar-refractivity contribution is 5.53. The molecule has 0 atom stereocenters. The molecule has 2 N–H and O–H groups in total. The van der Waals surface area contributed by atoms with E-state index in [4.69, 9.17) is 15.2 Å². The van der Waals surface area contributed by atoms with Gasteiger partial charge in [-0.15, -0.1) is 0 Å². The Balaban J connectivity index is 2.17. The SMILES string of the molecule is COc1cccc(COc2cccc(N)c2C)c1F. The van der Waals surface area contributed by atoms with Crippen LogP contribution in [0.5, 0.6) is 11.5 Å². The first-order valence-electron chi connectivity index (χ1n) is 5.92. The van der Waals surface area contributed by atoms with Gasteiger partial charge in [0, 0.05) is 16.8 Å². The van der Waals surface area contributed by atoms with Crippen molar-refractivity contribution in [2.24, 2.45) is 0 Å². The molecule has 2 rings (SSSR count). The highest BCUT2D eigenvalue weighted by atomic mass is 19.1. The average Bonchev–Trinajstić information content (AvgIpc) is 2.42. The number of ether oxygens (including phenoxy) is 2. The molecule has 0 fully saturated rings. The standard InChI is InChI=1S/C15H16FNO2/c1-10-12(17)6-4-7-13(10)19-9-11-5-3-8-14(18-2)15(11)16/h3-8H,9,17H2,1-2H3. The topological polar surface area (TPSA) is 44.5 Å². The molecule has 0 unspecified atom stereocenters. The van der Waals surface area contributed by atoms with Gasteiger partial charge in [0.1, 0.15) is 12.4 Å². The van der Waals surface area contributed by atoms with Crippen LogP contribution in [-0.4, -0.2) is 7.11 Å². The number of anilines is 1. The lowest BCUT2D eigenvalue weighted by atomic mass is 10.2. The van der Waals surface area contributed by atoms with E-state index in [9.17, 15) is 4.39 Å². The second-order valence-electron chi connectivity index (χ2n) is 4.19. The highest BCUT2D eigenvalue weighted by Gasteiger charge is 2.09. The van der Waals surface area contributed by atoms with Crippen molar-refractivity contribution in [3.63, 3.8) is 0 Å². The molecule has 0 saturated carbocycles. The molecule has 0 bridgehead atoms. The number of hydrogen-bond donors (Lipinski definition) is 1. The van der Waals surface area contributed by atoms with Gasteiger partial charge in [0.05, 0.1) is 7.11 Å². The van der Waals surface area contributed by atoms with E-state index < -0.39 is 5.82 Å². The zero-order chi connectivity index (χ0) is 13.8. The smallest absolute Gasteiger partial charge is 0.171 e. The second-order valence-corrected chi connectivity index (χ2v) is 4.19. The average molecular weight is 261 g/mol. The van der Waals surface area contributed by atoms with E-state index in [0.717, 1.165) is 5.56 Å². The zero-order valence-corrected chi connectivity index (χ0v) is 10.9. The summed E-state index contributed by atoms with van der Waals surface area (Å²) in [5, 5.41) is 0. The van der Waals surface area contributed by atoms with E-state index >= 15 is 0 Å². The maximum Gasteiger partial charge on any atom is 0.171 e. The first-order valence-corrected chi connectivity index (χ1v) is 5.92. The van der Waals surface area contributed by atoms with E-state index in [-0.39, 0.29) is 12.4 Å². The normalized spacial score (nSPS) is 10.3. The number of methoxy groups -OCH3 is 1. The number of halogens is 1. The van der Waals surface area contributed by atoms with Crippen molar-refractivity contribution in [1.82, 2.24) is 0 Å². The molecular formula is C15H16FNO2. The summed E-state index contributed by atoms with van der Waals surface area (Å²) < 4.78 is 24.5. The lowest BCUT2D eigenvalue weighted by molar-refractivity contribution is 0.294. The number of nitrogens with two attached hydrogens (primary N) is 1. The van der Waals surface area contributed by atoms with Crippen LogP contribution in [0.2, 0.25) is 0 Å². The third-order valence-corrected chi connectivity index (χ3v) is 2.97. The van der Waals surface area contributed by atoms with Crippen molar-refractivity contribution in [3.05, 3.63) is 53.3 Å². The summed E-state index contributed by atoms with van der Waals surface area (Å²) >= 11 is 0. The third kappa shape index (κ3) is 2.78. The van der Waals surface area contributed by atoms with Gasteiger partial charge in [-0.2, -0.15) is 0 Å². The van der Waals surface area contributed by atoms with Crippen molar-refractivity contribution in [2.45, 2.75) is 13.5 Å². The van der Waals surface area contributed by atoms with Crippen LogP contribution in [0, 0.1) is 12.7 Å². The van der Waals surface area contributed by atoms with E-state index in [1.54, 1.807) is 30.3 Å². The minimum absolute atomic E-state index is 0.132. The van der Waals surface area contributed by atoms with Crippen molar-refractivity contribution in [3.8, 4) is 11.5 Å². The third-order valence-electron chi connectivity index (χ3n) is 2.97. The van der Waals surface area contributed by atoms with Crippen LogP contribution >= 0.6 is 0 Å². The van der Waals surface area contributed by atoms with Crippen LogP contribution < -0.4 is 15.2 Å². The summed E-state index contributed by atoms with van der Waals surface area (Å²) in [7, 11) is 1.44. The summed E-state index contributed by atoms with van der Waals surface area (Å²) in [5.74, 6) is 0.471. The summed E-state index contributed by atoms with van der Waals surface area (Å²) in [6.07, 6.45) is 0. The second kappa shape index (κ2) is 5.61. The quantitative estimate of drug-likeness (QED) is 0.859. The Morgan fingerprint density at radius 2 is 1.79 bits per heavy atom. The summed E-state index contributed by atoms with van der Waals surface area (Å²) in [4.78, 5) is 0. The molecule has 2 aromatic carbocycles. The van der Waals surface area contributed by atoms with Gasteiger partial charge in [-0.05, 0) is 25.1 Å². The Bertz CT molecular complexity index is 584. The van der Waals surface area contributed by atoms with Gasteiger partial charge in [0.2, 0.25) is 0 Å². The lowest BCUT2D eigenvalue weighted by Crippen LogP contribution is -2.02. The number of benzene rings is 2. The molecule has 0 spiro atoms. The number of hydrogen-bond acceptors (Lipinski definition) is 3. The predicted octanol–water partition coefficient (Wildman–Crippen LogP) is 3.30. The molecular weight excluding hydrogens is 245 g/mol. The molecule has 19 heavy (non-hydrogen) atoms. The molecule has 100 valence electrons. The first-order chi connectivity index (χ1) is 9.13. The largest absolute Gasteiger partial charge is 0.494 e. The predicted molar refractivity (Wildman–Crippen MR) is 72.9 cm³/mol. The van der Waals surface area contributed by atoms with Crippen LogP contribution in [0.25, 0.3) is 0 Å². The Morgan fingerprint density at radius 1 is 1.11 bits per heavy atom. The van der Waals surface area contributed by atoms with E-state index in [2.05, 4.69) is 0 Å². The Kier molecular flexibility index (Phi) is 3.90. The minimum Gasteiger partial charge on any atom is -0.494 e. The highest BCUT2D eigenvalue weighted by Crippen LogP contribution is 2.25. The van der Waals surface area contributed by atoms with Gasteiger partial charge in [-0.25, -0.2) is 4.39 Å². The molecule has 0 amide bonds. The van der Waals surface area contributed by atoms with Gasteiger partial charge < -0.3 is 15.2 Å². The van der Waals surface area contributed by atoms with Crippen molar-refractivity contribution >= 4 is 5.69 Å². The van der Waals surface area contributed by atoms with Crippen LogP contribution in [0.1, 0.15) is 11.1 Å². The Hall–Kier alpha value is -2.23. The first kappa shape index (κ1) is 13.2. The fraction of sp³-hybridized carbons (Fsp3) is 0.200. The maximum absolute atomic E-state index is 13.9. The van der Waals surface area contributed by atoms with E-state index in [0.29, 0.717) is 17.0 Å². The number of rotatable bonds is 4. The van der Waals surface area contributed by atoms with Gasteiger partial charge in [-0.3, -0.25) is 0 Å². The van der Waals surface area contributed by atoms with Crippen LogP contribution in [-0.2, 0) is 6.61 Å². The molecule has 0 aliphatic carbocycles. The summed E-state index contributed by atoms with van der Waals surface area (Å²) in [6, 6.07) is 10.4.